The van der Waals surface area contributed by atoms with Gasteiger partial charge in [0.2, 0.25) is 5.91 Å². The van der Waals surface area contributed by atoms with Crippen LogP contribution in [0.25, 0.3) is 0 Å². The first-order valence-corrected chi connectivity index (χ1v) is 6.03. The van der Waals surface area contributed by atoms with E-state index >= 15 is 0 Å². The third-order valence-electron chi connectivity index (χ3n) is 4.16. The van der Waals surface area contributed by atoms with Gasteiger partial charge in [-0.15, -0.1) is 0 Å². The molecule has 0 aromatic carbocycles. The maximum Gasteiger partial charge on any atom is 0.226 e. The number of carbonyl (C=O) groups is 1. The van der Waals surface area contributed by atoms with Gasteiger partial charge in [-0.2, -0.15) is 0 Å². The van der Waals surface area contributed by atoms with E-state index in [4.69, 9.17) is 5.73 Å². The Morgan fingerprint density at radius 1 is 1.47 bits per heavy atom. The van der Waals surface area contributed by atoms with Crippen molar-refractivity contribution in [2.45, 2.75) is 33.1 Å². The number of carbonyl (C=O) groups excluding carboxylic acids is 1. The number of nitrogens with zero attached hydrogens (tertiary/aromatic N) is 1. The molecule has 2 rings (SSSR count). The molecule has 1 unspecified atom stereocenters. The summed E-state index contributed by atoms with van der Waals surface area (Å²) < 4.78 is 0. The molecule has 1 amide bonds. The standard InChI is InChI=1S/C12H22N2O/c1-12(2)5-3-4-10(12)11(15)14-7-9(6-13)8-14/h9-10H,3-8,13H2,1-2H3. The Hall–Kier alpha value is -0.570. The molecule has 1 saturated heterocycles. The zero-order valence-corrected chi connectivity index (χ0v) is 9.83. The molecule has 1 aliphatic heterocycles. The van der Waals surface area contributed by atoms with Crippen LogP contribution in [0.15, 0.2) is 0 Å². The molecule has 0 radical (unpaired) electrons. The van der Waals surface area contributed by atoms with Crippen molar-refractivity contribution in [2.24, 2.45) is 23.0 Å². The highest BCUT2D eigenvalue weighted by Crippen LogP contribution is 2.44. The van der Waals surface area contributed by atoms with Gasteiger partial charge in [0.05, 0.1) is 0 Å². The van der Waals surface area contributed by atoms with E-state index < -0.39 is 0 Å². The lowest BCUT2D eigenvalue weighted by atomic mass is 9.80. The van der Waals surface area contributed by atoms with Gasteiger partial charge >= 0.3 is 0 Å². The lowest BCUT2D eigenvalue weighted by molar-refractivity contribution is -0.144. The number of amides is 1. The van der Waals surface area contributed by atoms with Gasteiger partial charge in [0, 0.05) is 24.9 Å². The van der Waals surface area contributed by atoms with Crippen LogP contribution in [-0.4, -0.2) is 30.4 Å². The average molecular weight is 210 g/mol. The van der Waals surface area contributed by atoms with Crippen molar-refractivity contribution in [1.82, 2.24) is 4.90 Å². The molecular formula is C12H22N2O. The van der Waals surface area contributed by atoms with E-state index in [9.17, 15) is 4.79 Å². The molecule has 15 heavy (non-hydrogen) atoms. The summed E-state index contributed by atoms with van der Waals surface area (Å²) in [4.78, 5) is 14.2. The smallest absolute Gasteiger partial charge is 0.226 e. The van der Waals surface area contributed by atoms with Crippen LogP contribution < -0.4 is 5.73 Å². The normalized spacial score (nSPS) is 30.3. The van der Waals surface area contributed by atoms with Gasteiger partial charge in [-0.3, -0.25) is 4.79 Å². The predicted molar refractivity (Wildman–Crippen MR) is 60.2 cm³/mol. The Morgan fingerprint density at radius 3 is 2.60 bits per heavy atom. The summed E-state index contributed by atoms with van der Waals surface area (Å²) in [5.74, 6) is 1.19. The number of nitrogens with two attached hydrogens (primary N) is 1. The highest BCUT2D eigenvalue weighted by atomic mass is 16.2. The summed E-state index contributed by atoms with van der Waals surface area (Å²) in [6.45, 7) is 6.95. The lowest BCUT2D eigenvalue weighted by Gasteiger charge is -2.42. The molecule has 3 nitrogen and oxygen atoms in total. The summed E-state index contributed by atoms with van der Waals surface area (Å²) in [5.41, 5.74) is 5.78. The molecular weight excluding hydrogens is 188 g/mol. The fourth-order valence-corrected chi connectivity index (χ4v) is 2.90. The SMILES string of the molecule is CC1(C)CCCC1C(=O)N1CC(CN)C1. The van der Waals surface area contributed by atoms with E-state index in [0.29, 0.717) is 11.8 Å². The van der Waals surface area contributed by atoms with Gasteiger partial charge in [0.1, 0.15) is 0 Å². The molecule has 3 heteroatoms. The lowest BCUT2D eigenvalue weighted by Crippen LogP contribution is -2.55. The van der Waals surface area contributed by atoms with Crippen LogP contribution >= 0.6 is 0 Å². The highest BCUT2D eigenvalue weighted by molar-refractivity contribution is 5.80. The molecule has 2 fully saturated rings. The molecule has 1 saturated carbocycles. The summed E-state index contributed by atoms with van der Waals surface area (Å²) in [6, 6.07) is 0. The Morgan fingerprint density at radius 2 is 2.13 bits per heavy atom. The van der Waals surface area contributed by atoms with Crippen molar-refractivity contribution < 1.29 is 4.79 Å². The summed E-state index contributed by atoms with van der Waals surface area (Å²) >= 11 is 0. The quantitative estimate of drug-likeness (QED) is 0.745. The second-order valence-corrected chi connectivity index (χ2v) is 5.78. The average Bonchev–Trinajstić information content (AvgIpc) is 2.43. The third kappa shape index (κ3) is 1.89. The Bertz CT molecular complexity index is 256. The first kappa shape index (κ1) is 10.9. The van der Waals surface area contributed by atoms with E-state index in [0.717, 1.165) is 26.1 Å². The number of rotatable bonds is 2. The van der Waals surface area contributed by atoms with Gasteiger partial charge in [-0.25, -0.2) is 0 Å². The number of hydrogen-bond acceptors (Lipinski definition) is 2. The zero-order chi connectivity index (χ0) is 11.1. The van der Waals surface area contributed by atoms with Crippen molar-refractivity contribution in [3.05, 3.63) is 0 Å². The van der Waals surface area contributed by atoms with E-state index in [1.54, 1.807) is 0 Å². The minimum absolute atomic E-state index is 0.213. The zero-order valence-electron chi connectivity index (χ0n) is 9.83. The highest BCUT2D eigenvalue weighted by Gasteiger charge is 2.43. The molecule has 1 aliphatic carbocycles. The van der Waals surface area contributed by atoms with Crippen LogP contribution in [0, 0.1) is 17.3 Å². The molecule has 2 N–H and O–H groups in total. The van der Waals surface area contributed by atoms with Crippen molar-refractivity contribution in [1.29, 1.82) is 0 Å². The van der Waals surface area contributed by atoms with Crippen LogP contribution in [-0.2, 0) is 4.79 Å². The molecule has 0 bridgehead atoms. The minimum atomic E-state index is 0.213. The van der Waals surface area contributed by atoms with E-state index in [1.165, 1.54) is 12.8 Å². The predicted octanol–water partition coefficient (Wildman–Crippen LogP) is 1.23. The van der Waals surface area contributed by atoms with Gasteiger partial charge in [0.15, 0.2) is 0 Å². The summed E-state index contributed by atoms with van der Waals surface area (Å²) in [7, 11) is 0. The van der Waals surface area contributed by atoms with Crippen molar-refractivity contribution in [3.8, 4) is 0 Å². The Kier molecular flexibility index (Phi) is 2.75. The van der Waals surface area contributed by atoms with Gasteiger partial charge < -0.3 is 10.6 Å². The topological polar surface area (TPSA) is 46.3 Å². The summed E-state index contributed by atoms with van der Waals surface area (Å²) in [5, 5.41) is 0. The number of likely N-dealkylation sites (tertiary alicyclic amines) is 1. The van der Waals surface area contributed by atoms with Crippen LogP contribution in [0.4, 0.5) is 0 Å². The van der Waals surface area contributed by atoms with E-state index in [1.807, 2.05) is 4.90 Å². The second-order valence-electron chi connectivity index (χ2n) is 5.78. The van der Waals surface area contributed by atoms with Crippen LogP contribution in [0.2, 0.25) is 0 Å². The van der Waals surface area contributed by atoms with Crippen molar-refractivity contribution in [3.63, 3.8) is 0 Å². The van der Waals surface area contributed by atoms with E-state index in [-0.39, 0.29) is 11.3 Å². The van der Waals surface area contributed by atoms with Crippen LogP contribution in [0.1, 0.15) is 33.1 Å². The molecule has 2 aliphatic rings. The van der Waals surface area contributed by atoms with Crippen molar-refractivity contribution in [2.75, 3.05) is 19.6 Å². The largest absolute Gasteiger partial charge is 0.342 e. The molecule has 1 atom stereocenters. The maximum absolute atomic E-state index is 12.2. The molecule has 0 spiro atoms. The molecule has 0 aromatic rings. The van der Waals surface area contributed by atoms with E-state index in [2.05, 4.69) is 13.8 Å². The third-order valence-corrected chi connectivity index (χ3v) is 4.16. The van der Waals surface area contributed by atoms with Crippen LogP contribution in [0.5, 0.6) is 0 Å². The fraction of sp³-hybridized carbons (Fsp3) is 0.917. The summed E-state index contributed by atoms with van der Waals surface area (Å²) in [6.07, 6.45) is 3.48. The molecule has 0 aromatic heterocycles. The second kappa shape index (κ2) is 3.78. The van der Waals surface area contributed by atoms with Crippen LogP contribution in [0.3, 0.4) is 0 Å². The van der Waals surface area contributed by atoms with Gasteiger partial charge in [-0.05, 0) is 24.8 Å². The maximum atomic E-state index is 12.2. The first-order chi connectivity index (χ1) is 7.04. The minimum Gasteiger partial charge on any atom is -0.342 e. The number of hydrogen-bond donors (Lipinski definition) is 1. The van der Waals surface area contributed by atoms with Crippen molar-refractivity contribution >= 4 is 5.91 Å². The van der Waals surface area contributed by atoms with Gasteiger partial charge in [0.25, 0.3) is 0 Å². The first-order valence-electron chi connectivity index (χ1n) is 6.03. The molecule has 1 heterocycles. The monoisotopic (exact) mass is 210 g/mol. The fourth-order valence-electron chi connectivity index (χ4n) is 2.90. The Labute approximate surface area is 92.0 Å². The van der Waals surface area contributed by atoms with Gasteiger partial charge in [-0.1, -0.05) is 20.3 Å². The molecule has 86 valence electrons. The Balaban J connectivity index is 1.92.